The third-order valence-electron chi connectivity index (χ3n) is 8.56. The minimum Gasteiger partial charge on any atom is -0.410 e. The van der Waals surface area contributed by atoms with Crippen molar-refractivity contribution in [2.75, 3.05) is 23.7 Å². The molecule has 3 aliphatic rings. The summed E-state index contributed by atoms with van der Waals surface area (Å²) < 4.78 is 7.83. The molecule has 6 rings (SSSR count). The van der Waals surface area contributed by atoms with E-state index in [9.17, 15) is 4.79 Å². The summed E-state index contributed by atoms with van der Waals surface area (Å²) in [6, 6.07) is 8.82. The average Bonchev–Trinajstić information content (AvgIpc) is 3.62. The van der Waals surface area contributed by atoms with E-state index in [2.05, 4.69) is 15.2 Å². The maximum absolute atomic E-state index is 12.7. The first-order valence-electron chi connectivity index (χ1n) is 14.6. The number of rotatable bonds is 6. The van der Waals surface area contributed by atoms with Gasteiger partial charge in [0, 0.05) is 37.3 Å². The van der Waals surface area contributed by atoms with Crippen molar-refractivity contribution in [3.63, 3.8) is 0 Å². The van der Waals surface area contributed by atoms with Crippen LogP contribution >= 0.6 is 24.8 Å². The maximum Gasteiger partial charge on any atom is 0.415 e. The van der Waals surface area contributed by atoms with Crippen molar-refractivity contribution in [3.05, 3.63) is 36.2 Å². The van der Waals surface area contributed by atoms with Gasteiger partial charge in [0.2, 0.25) is 5.95 Å². The number of benzene rings is 1. The molecule has 3 aromatic rings. The molecule has 0 radical (unpaired) electrons. The molecule has 0 atom stereocenters. The summed E-state index contributed by atoms with van der Waals surface area (Å²) in [6.07, 6.45) is 12.2. The molecule has 0 spiro atoms. The third-order valence-corrected chi connectivity index (χ3v) is 8.56. The van der Waals surface area contributed by atoms with Gasteiger partial charge in [-0.3, -0.25) is 0 Å². The number of nitrogens with two attached hydrogens (primary N) is 1. The molecule has 1 aromatic carbocycles. The number of nitrogens with one attached hydrogen (secondary N) is 2. The Labute approximate surface area is 254 Å². The SMILES string of the molecule is Cc1ccc(OC(=O)N2CCC(Nc3nc(N[C@H]4CC[C@H](N)CC4)nc4c3ncn4C3CCCC3)CC2)cc1.Cl.Cl. The van der Waals surface area contributed by atoms with E-state index < -0.39 is 0 Å². The molecular formula is C29H42Cl2N8O2. The van der Waals surface area contributed by atoms with Crippen LogP contribution in [0.15, 0.2) is 30.6 Å². The Balaban J connectivity index is 0.00000194. The van der Waals surface area contributed by atoms with Crippen molar-refractivity contribution in [1.82, 2.24) is 24.4 Å². The zero-order chi connectivity index (χ0) is 26.8. The molecule has 2 saturated carbocycles. The van der Waals surface area contributed by atoms with Crippen LogP contribution < -0.4 is 21.1 Å². The number of aromatic nitrogens is 4. The van der Waals surface area contributed by atoms with Crippen molar-refractivity contribution in [2.45, 2.75) is 95.3 Å². The molecule has 12 heteroatoms. The normalized spacial score (nSPS) is 21.7. The van der Waals surface area contributed by atoms with Gasteiger partial charge < -0.3 is 30.6 Å². The number of imidazole rings is 1. The summed E-state index contributed by atoms with van der Waals surface area (Å²) in [5.74, 6) is 2.00. The lowest BCUT2D eigenvalue weighted by Gasteiger charge is -2.32. The second-order valence-corrected chi connectivity index (χ2v) is 11.5. The van der Waals surface area contributed by atoms with Crippen LogP contribution in [-0.4, -0.2) is 61.7 Å². The summed E-state index contributed by atoms with van der Waals surface area (Å²) in [7, 11) is 0. The van der Waals surface area contributed by atoms with Crippen molar-refractivity contribution in [3.8, 4) is 5.75 Å². The number of piperidine rings is 1. The third kappa shape index (κ3) is 7.34. The molecule has 0 bridgehead atoms. The topological polar surface area (TPSA) is 123 Å². The molecule has 3 fully saturated rings. The molecule has 0 unspecified atom stereocenters. The Hall–Kier alpha value is -2.82. The number of amides is 1. The predicted molar refractivity (Wildman–Crippen MR) is 167 cm³/mol. The summed E-state index contributed by atoms with van der Waals surface area (Å²) in [6.45, 7) is 3.26. The number of hydrogen-bond acceptors (Lipinski definition) is 8. The lowest BCUT2D eigenvalue weighted by atomic mass is 9.92. The minimum absolute atomic E-state index is 0. The lowest BCUT2D eigenvalue weighted by molar-refractivity contribution is 0.140. The summed E-state index contributed by atoms with van der Waals surface area (Å²) in [5, 5.41) is 7.26. The van der Waals surface area contributed by atoms with Crippen LogP contribution in [0.5, 0.6) is 5.75 Å². The fraction of sp³-hybridized carbons (Fsp3) is 0.586. The van der Waals surface area contributed by atoms with Gasteiger partial charge >= 0.3 is 6.09 Å². The number of hydrogen-bond donors (Lipinski definition) is 3. The Morgan fingerprint density at radius 1 is 0.902 bits per heavy atom. The standard InChI is InChI=1S/C29H40N8O2.2ClH/c1-19-6-12-24(13-7-19)39-29(38)36-16-14-22(15-17-36)32-26-25-27(37(18-31-25)23-4-2-3-5-23)35-28(34-26)33-21-10-8-20(30)9-11-21;;/h6-7,12-13,18,20-23H,2-5,8-11,14-17,30H2,1H3,(H2,32,33,34,35);2*1H/t20-,21-;;. The van der Waals surface area contributed by atoms with Crippen LogP contribution in [0, 0.1) is 6.92 Å². The van der Waals surface area contributed by atoms with Crippen LogP contribution in [0.4, 0.5) is 16.6 Å². The van der Waals surface area contributed by atoms with E-state index >= 15 is 0 Å². The first-order valence-corrected chi connectivity index (χ1v) is 14.6. The Kier molecular flexibility index (Phi) is 10.5. The van der Waals surface area contributed by atoms with E-state index in [0.29, 0.717) is 42.9 Å². The molecule has 1 amide bonds. The number of carbonyl (C=O) groups is 1. The summed E-state index contributed by atoms with van der Waals surface area (Å²) >= 11 is 0. The van der Waals surface area contributed by atoms with Gasteiger partial charge in [-0.25, -0.2) is 9.78 Å². The first-order chi connectivity index (χ1) is 19.0. The number of nitrogens with zero attached hydrogens (tertiary/aromatic N) is 5. The van der Waals surface area contributed by atoms with E-state index in [4.69, 9.17) is 25.4 Å². The van der Waals surface area contributed by atoms with Crippen molar-refractivity contribution in [2.24, 2.45) is 5.73 Å². The Morgan fingerprint density at radius 3 is 2.24 bits per heavy atom. The molecule has 2 aromatic heterocycles. The lowest BCUT2D eigenvalue weighted by Crippen LogP contribution is -2.43. The minimum atomic E-state index is -0.296. The van der Waals surface area contributed by atoms with E-state index in [-0.39, 0.29) is 36.9 Å². The molecule has 224 valence electrons. The van der Waals surface area contributed by atoms with Crippen LogP contribution in [0.2, 0.25) is 0 Å². The van der Waals surface area contributed by atoms with Gasteiger partial charge in [-0.1, -0.05) is 30.5 Å². The zero-order valence-corrected chi connectivity index (χ0v) is 25.3. The Morgan fingerprint density at radius 2 is 1.56 bits per heavy atom. The zero-order valence-electron chi connectivity index (χ0n) is 23.6. The first kappa shape index (κ1) is 31.1. The van der Waals surface area contributed by atoms with E-state index in [1.807, 2.05) is 37.5 Å². The van der Waals surface area contributed by atoms with Gasteiger partial charge in [-0.15, -0.1) is 24.8 Å². The van der Waals surface area contributed by atoms with E-state index in [1.54, 1.807) is 4.90 Å². The smallest absolute Gasteiger partial charge is 0.410 e. The number of ether oxygens (including phenoxy) is 1. The highest BCUT2D eigenvalue weighted by Gasteiger charge is 2.27. The molecule has 10 nitrogen and oxygen atoms in total. The van der Waals surface area contributed by atoms with Gasteiger partial charge in [0.25, 0.3) is 0 Å². The van der Waals surface area contributed by atoms with Crippen molar-refractivity contribution >= 4 is 53.8 Å². The molecule has 1 saturated heterocycles. The van der Waals surface area contributed by atoms with Gasteiger partial charge in [0.15, 0.2) is 17.0 Å². The van der Waals surface area contributed by atoms with Gasteiger partial charge in [-0.2, -0.15) is 9.97 Å². The van der Waals surface area contributed by atoms with Crippen LogP contribution in [0.25, 0.3) is 11.2 Å². The van der Waals surface area contributed by atoms with E-state index in [0.717, 1.165) is 61.1 Å². The maximum atomic E-state index is 12.7. The highest BCUT2D eigenvalue weighted by atomic mass is 35.5. The van der Waals surface area contributed by atoms with Crippen LogP contribution in [0.3, 0.4) is 0 Å². The fourth-order valence-corrected chi connectivity index (χ4v) is 6.15. The van der Waals surface area contributed by atoms with Crippen molar-refractivity contribution < 1.29 is 9.53 Å². The Bertz CT molecular complexity index is 1280. The van der Waals surface area contributed by atoms with Crippen molar-refractivity contribution in [1.29, 1.82) is 0 Å². The summed E-state index contributed by atoms with van der Waals surface area (Å²) in [5.41, 5.74) is 8.98. The molecular weight excluding hydrogens is 563 g/mol. The second kappa shape index (κ2) is 13.9. The number of aryl methyl sites for hydroxylation is 1. The second-order valence-electron chi connectivity index (χ2n) is 11.5. The van der Waals surface area contributed by atoms with Crippen LogP contribution in [-0.2, 0) is 0 Å². The molecule has 2 aliphatic carbocycles. The molecule has 4 N–H and O–H groups in total. The largest absolute Gasteiger partial charge is 0.415 e. The highest BCUT2D eigenvalue weighted by molar-refractivity contribution is 5.86. The number of carbonyl (C=O) groups excluding carboxylic acids is 1. The van der Waals surface area contributed by atoms with Crippen LogP contribution in [0.1, 0.15) is 75.8 Å². The van der Waals surface area contributed by atoms with Gasteiger partial charge in [-0.05, 0) is 70.4 Å². The fourth-order valence-electron chi connectivity index (χ4n) is 6.15. The number of halogens is 2. The highest BCUT2D eigenvalue weighted by Crippen LogP contribution is 2.34. The van der Waals surface area contributed by atoms with Gasteiger partial charge in [0.1, 0.15) is 5.75 Å². The molecule has 3 heterocycles. The number of fused-ring (bicyclic) bond motifs is 1. The monoisotopic (exact) mass is 604 g/mol. The van der Waals surface area contributed by atoms with Gasteiger partial charge in [0.05, 0.1) is 6.33 Å². The number of anilines is 2. The average molecular weight is 606 g/mol. The quantitative estimate of drug-likeness (QED) is 0.320. The predicted octanol–water partition coefficient (Wildman–Crippen LogP) is 5.85. The molecule has 41 heavy (non-hydrogen) atoms. The molecule has 1 aliphatic heterocycles. The van der Waals surface area contributed by atoms with E-state index in [1.165, 1.54) is 25.7 Å². The summed E-state index contributed by atoms with van der Waals surface area (Å²) in [4.78, 5) is 29.1. The number of likely N-dealkylation sites (tertiary alicyclic amines) is 1.